The highest BCUT2D eigenvalue weighted by molar-refractivity contribution is 5.92. The number of amides is 1. The summed E-state index contributed by atoms with van der Waals surface area (Å²) in [5, 5.41) is 2.95. The van der Waals surface area contributed by atoms with Gasteiger partial charge in [0, 0.05) is 44.7 Å². The first-order chi connectivity index (χ1) is 29.5. The Morgan fingerprint density at radius 1 is 0.919 bits per heavy atom. The Morgan fingerprint density at radius 2 is 1.68 bits per heavy atom. The minimum Gasteiger partial charge on any atom is -0.496 e. The van der Waals surface area contributed by atoms with Crippen molar-refractivity contribution in [3.8, 4) is 5.75 Å². The molecule has 0 bridgehead atoms. The number of fused-ring (bicyclic) bond motifs is 7. The van der Waals surface area contributed by atoms with Crippen LogP contribution in [0, 0.1) is 46.3 Å². The summed E-state index contributed by atoms with van der Waals surface area (Å²) in [4.78, 5) is 50.9. The monoisotopic (exact) mass is 861 g/mol. The summed E-state index contributed by atoms with van der Waals surface area (Å²) < 4.78 is 49.3. The Labute approximate surface area is 366 Å². The maximum absolute atomic E-state index is 13.7. The lowest BCUT2D eigenvalue weighted by Crippen LogP contribution is -2.67. The average Bonchev–Trinajstić information content (AvgIpc) is 3.68. The smallest absolute Gasteiger partial charge is 0.303 e. The van der Waals surface area contributed by atoms with Crippen LogP contribution in [0.5, 0.6) is 5.75 Å². The van der Waals surface area contributed by atoms with Gasteiger partial charge < -0.3 is 43.2 Å². The van der Waals surface area contributed by atoms with Crippen molar-refractivity contribution in [2.24, 2.45) is 46.3 Å². The predicted octanol–water partition coefficient (Wildman–Crippen LogP) is 7.10. The molecule has 1 aromatic rings. The quantitative estimate of drug-likeness (QED) is 0.111. The van der Waals surface area contributed by atoms with Gasteiger partial charge in [0.1, 0.15) is 24.5 Å². The maximum atomic E-state index is 13.7. The van der Waals surface area contributed by atoms with Crippen molar-refractivity contribution in [1.82, 2.24) is 5.32 Å². The lowest BCUT2D eigenvalue weighted by Gasteiger charge is -2.58. The molecule has 8 rings (SSSR count). The Bertz CT molecular complexity index is 1920. The number of rotatable bonds is 10. The van der Waals surface area contributed by atoms with Crippen molar-refractivity contribution < 1.29 is 57.1 Å². The van der Waals surface area contributed by atoms with E-state index in [-0.39, 0.29) is 29.6 Å². The molecule has 1 amide bonds. The normalized spacial score (nSPS) is 42.1. The summed E-state index contributed by atoms with van der Waals surface area (Å²) in [6, 6.07) is 6.17. The Balaban J connectivity index is 1.02. The number of methoxy groups -OCH3 is 1. The van der Waals surface area contributed by atoms with Gasteiger partial charge in [-0.1, -0.05) is 57.5 Å². The maximum Gasteiger partial charge on any atom is 0.303 e. The minimum absolute atomic E-state index is 0.0149. The van der Waals surface area contributed by atoms with Gasteiger partial charge in [-0.3, -0.25) is 19.2 Å². The molecule has 13 nitrogen and oxygen atoms in total. The minimum atomic E-state index is -1.24. The summed E-state index contributed by atoms with van der Waals surface area (Å²) in [5.74, 6) is 0.936. The molecule has 1 aromatic carbocycles. The zero-order valence-corrected chi connectivity index (χ0v) is 37.7. The van der Waals surface area contributed by atoms with E-state index in [1.165, 1.54) is 45.3 Å². The first-order valence-corrected chi connectivity index (χ1v) is 23.0. The lowest BCUT2D eigenvalue weighted by molar-refractivity contribution is -0.289. The fourth-order valence-electron chi connectivity index (χ4n) is 13.3. The van der Waals surface area contributed by atoms with Gasteiger partial charge in [0.25, 0.3) is 0 Å². The van der Waals surface area contributed by atoms with Crippen molar-refractivity contribution >= 4 is 29.9 Å². The molecule has 6 fully saturated rings. The highest BCUT2D eigenvalue weighted by atomic mass is 16.7. The number of hydrogen-bond donors (Lipinski definition) is 1. The second-order valence-corrected chi connectivity index (χ2v) is 19.9. The van der Waals surface area contributed by atoms with Gasteiger partial charge in [0.2, 0.25) is 5.91 Å². The highest BCUT2D eigenvalue weighted by Crippen LogP contribution is 2.70. The summed E-state index contributed by atoms with van der Waals surface area (Å²) in [6.45, 7) is 13.9. The molecule has 3 aliphatic heterocycles. The van der Waals surface area contributed by atoms with Gasteiger partial charge in [-0.05, 0) is 104 Å². The number of esters is 3. The van der Waals surface area contributed by atoms with Crippen molar-refractivity contribution in [1.29, 1.82) is 0 Å². The van der Waals surface area contributed by atoms with Crippen LogP contribution in [0.1, 0.15) is 112 Å². The molecule has 340 valence electrons. The van der Waals surface area contributed by atoms with Gasteiger partial charge in [-0.25, -0.2) is 0 Å². The van der Waals surface area contributed by atoms with Crippen LogP contribution in [0.15, 0.2) is 42.0 Å². The van der Waals surface area contributed by atoms with Gasteiger partial charge in [0.05, 0.1) is 25.9 Å². The van der Waals surface area contributed by atoms with E-state index < -0.39 is 60.2 Å². The van der Waals surface area contributed by atoms with Crippen LogP contribution in [0.3, 0.4) is 0 Å². The van der Waals surface area contributed by atoms with Gasteiger partial charge >= 0.3 is 17.9 Å². The van der Waals surface area contributed by atoms with Gasteiger partial charge in [-0.15, -0.1) is 0 Å². The molecule has 0 aromatic heterocycles. The number of nitrogens with one attached hydrogen (secondary N) is 1. The molecule has 13 heteroatoms. The molecule has 1 N–H and O–H groups in total. The standard InChI is InChI=1S/C49H67NO12/c1-27-17-22-49(57-25-27)28(2)42-39(62-49)24-37-35-15-14-33-23-34(18-20-47(33,6)36(35)19-21-48(37,42)7)60-46-43(50-41(54)16-13-32-11-9-10-12-38(32)55-8)45(59-31(5)53)44(58-30(4)52)40(61-46)26-56-29(3)51/h9-14,16,27-28,34-37,39-40,42-46H,15,17-26H2,1-8H3,(H,50,54)/b16-13+/t27-,28+,34+,35-,36+,37+,39+,40-,42+,43-,44-,45-,46-,47+,48+,49-/m1/s1. The summed E-state index contributed by atoms with van der Waals surface area (Å²) in [5.41, 5.74) is 2.31. The molecular weight excluding hydrogens is 795 g/mol. The van der Waals surface area contributed by atoms with Crippen molar-refractivity contribution in [3.05, 3.63) is 47.6 Å². The molecule has 0 radical (unpaired) electrons. The second-order valence-electron chi connectivity index (χ2n) is 19.9. The third-order valence-corrected chi connectivity index (χ3v) is 16.2. The van der Waals surface area contributed by atoms with Crippen molar-refractivity contribution in [2.45, 2.75) is 155 Å². The Morgan fingerprint density at radius 3 is 2.39 bits per heavy atom. The van der Waals surface area contributed by atoms with E-state index in [1.54, 1.807) is 19.3 Å². The van der Waals surface area contributed by atoms with Crippen LogP contribution in [0.25, 0.3) is 6.08 Å². The Hall–Kier alpha value is -3.78. The van der Waals surface area contributed by atoms with E-state index in [0.717, 1.165) is 45.1 Å². The number of carbonyl (C=O) groups excluding carboxylic acids is 4. The molecule has 1 spiro atoms. The molecule has 7 aliphatic rings. The number of hydrogen-bond acceptors (Lipinski definition) is 12. The van der Waals surface area contributed by atoms with Crippen LogP contribution < -0.4 is 10.1 Å². The molecule has 0 unspecified atom stereocenters. The molecule has 3 heterocycles. The molecule has 3 saturated heterocycles. The van der Waals surface area contributed by atoms with Crippen LogP contribution in [-0.4, -0.2) is 92.8 Å². The molecule has 3 saturated carbocycles. The van der Waals surface area contributed by atoms with Crippen LogP contribution in [0.2, 0.25) is 0 Å². The third-order valence-electron chi connectivity index (χ3n) is 16.2. The first kappa shape index (κ1) is 44.8. The van der Waals surface area contributed by atoms with Crippen LogP contribution in [-0.2, 0) is 52.3 Å². The number of para-hydroxylation sites is 1. The molecule has 16 atom stereocenters. The fraction of sp³-hybridized carbons (Fsp3) is 0.714. The third kappa shape index (κ3) is 8.36. The number of ether oxygens (including phenoxy) is 8. The second kappa shape index (κ2) is 17.7. The lowest BCUT2D eigenvalue weighted by atomic mass is 9.47. The van der Waals surface area contributed by atoms with E-state index in [1.807, 2.05) is 18.2 Å². The van der Waals surface area contributed by atoms with E-state index in [9.17, 15) is 19.2 Å². The number of allylic oxidation sites excluding steroid dienone is 1. The van der Waals surface area contributed by atoms with E-state index in [0.29, 0.717) is 53.2 Å². The highest BCUT2D eigenvalue weighted by Gasteiger charge is 2.69. The van der Waals surface area contributed by atoms with E-state index in [4.69, 9.17) is 37.9 Å². The molecule has 62 heavy (non-hydrogen) atoms. The fourth-order valence-corrected chi connectivity index (χ4v) is 13.3. The van der Waals surface area contributed by atoms with E-state index in [2.05, 4.69) is 39.1 Å². The average molecular weight is 862 g/mol. The van der Waals surface area contributed by atoms with Crippen molar-refractivity contribution in [2.75, 3.05) is 20.3 Å². The summed E-state index contributed by atoms with van der Waals surface area (Å²) in [6.07, 6.45) is 9.73. The Kier molecular flexibility index (Phi) is 12.8. The molecule has 4 aliphatic carbocycles. The predicted molar refractivity (Wildman–Crippen MR) is 227 cm³/mol. The van der Waals surface area contributed by atoms with Crippen LogP contribution >= 0.6 is 0 Å². The largest absolute Gasteiger partial charge is 0.496 e. The van der Waals surface area contributed by atoms with E-state index >= 15 is 0 Å². The number of carbonyl (C=O) groups is 4. The molecular formula is C49H67NO12. The first-order valence-electron chi connectivity index (χ1n) is 23.0. The van der Waals surface area contributed by atoms with Crippen molar-refractivity contribution in [3.63, 3.8) is 0 Å². The zero-order valence-electron chi connectivity index (χ0n) is 37.7. The topological polar surface area (TPSA) is 154 Å². The SMILES string of the molecule is COc1ccccc1/C=C/C(=O)N[C@H]1[C@H](O[C@H]2CC[C@@]3(C)C(=CC[C@H]4[C@@H]5C[C@@H]6O[C@]7(CC[C@@H](C)CO7)[C@@H](C)[C@@H]6[C@@]5(C)CC[C@@H]43)C2)O[C@H](COC(C)=O)[C@@H](OC(C)=O)[C@@H]1OC(C)=O. The van der Waals surface area contributed by atoms with Gasteiger partial charge in [0.15, 0.2) is 24.3 Å². The zero-order chi connectivity index (χ0) is 44.1. The van der Waals surface area contributed by atoms with Crippen LogP contribution in [0.4, 0.5) is 0 Å². The van der Waals surface area contributed by atoms with Gasteiger partial charge in [-0.2, -0.15) is 0 Å². The summed E-state index contributed by atoms with van der Waals surface area (Å²) >= 11 is 0. The summed E-state index contributed by atoms with van der Waals surface area (Å²) in [7, 11) is 1.55. The number of benzene rings is 1.